The number of carbonyl (C=O) groups is 1. The van der Waals surface area contributed by atoms with Gasteiger partial charge in [-0.25, -0.2) is 8.42 Å². The van der Waals surface area contributed by atoms with Crippen molar-refractivity contribution < 1.29 is 13.2 Å². The Balaban J connectivity index is 1.77. The van der Waals surface area contributed by atoms with E-state index in [-0.39, 0.29) is 16.8 Å². The number of nitrogens with zero attached hydrogens (tertiary/aromatic N) is 1. The van der Waals surface area contributed by atoms with E-state index >= 15 is 0 Å². The molecule has 0 radical (unpaired) electrons. The fourth-order valence-corrected chi connectivity index (χ4v) is 6.34. The van der Waals surface area contributed by atoms with Gasteiger partial charge in [-0.1, -0.05) is 12.1 Å². The standard InChI is InChI=1S/C20H19NO3S3/c1-13-5-6-14(12-18(13)27(2,23)24)20(22)21-9-7-16-15(8-11-26-16)19(21)17-4-3-10-25-17/h3-6,8,10-12,19H,7,9H2,1-2H3/t19-/m0/s1. The highest BCUT2D eigenvalue weighted by Crippen LogP contribution is 2.40. The summed E-state index contributed by atoms with van der Waals surface area (Å²) in [6, 6.07) is 11.0. The Morgan fingerprint density at radius 1 is 1.15 bits per heavy atom. The zero-order valence-corrected chi connectivity index (χ0v) is 17.5. The van der Waals surface area contributed by atoms with E-state index in [1.165, 1.54) is 22.8 Å². The number of carbonyl (C=O) groups excluding carboxylic acids is 1. The van der Waals surface area contributed by atoms with Gasteiger partial charge in [0.05, 0.1) is 10.9 Å². The monoisotopic (exact) mass is 417 g/mol. The van der Waals surface area contributed by atoms with E-state index in [1.807, 2.05) is 16.3 Å². The van der Waals surface area contributed by atoms with Gasteiger partial charge in [0.25, 0.3) is 5.91 Å². The van der Waals surface area contributed by atoms with Crippen LogP contribution in [0.5, 0.6) is 0 Å². The second kappa shape index (κ2) is 6.89. The zero-order chi connectivity index (χ0) is 19.2. The molecule has 4 rings (SSSR count). The molecular formula is C20H19NO3S3. The van der Waals surface area contributed by atoms with E-state index in [4.69, 9.17) is 0 Å². The summed E-state index contributed by atoms with van der Waals surface area (Å²) in [5.41, 5.74) is 2.25. The molecule has 3 heterocycles. The van der Waals surface area contributed by atoms with Crippen LogP contribution in [0.15, 0.2) is 52.1 Å². The number of rotatable bonds is 3. The van der Waals surface area contributed by atoms with Crippen LogP contribution in [0.3, 0.4) is 0 Å². The number of benzene rings is 1. The van der Waals surface area contributed by atoms with Gasteiger partial charge < -0.3 is 4.90 Å². The minimum Gasteiger partial charge on any atom is -0.326 e. The van der Waals surface area contributed by atoms with E-state index < -0.39 is 9.84 Å². The van der Waals surface area contributed by atoms with Crippen LogP contribution in [-0.4, -0.2) is 32.0 Å². The van der Waals surface area contributed by atoms with Crippen molar-refractivity contribution in [2.75, 3.05) is 12.8 Å². The summed E-state index contributed by atoms with van der Waals surface area (Å²) in [5.74, 6) is -0.129. The van der Waals surface area contributed by atoms with Crippen LogP contribution >= 0.6 is 22.7 Å². The van der Waals surface area contributed by atoms with Crippen molar-refractivity contribution in [2.45, 2.75) is 24.3 Å². The van der Waals surface area contributed by atoms with Gasteiger partial charge in [0.1, 0.15) is 0 Å². The highest BCUT2D eigenvalue weighted by atomic mass is 32.2. The number of thiophene rings is 2. The minimum atomic E-state index is -3.38. The summed E-state index contributed by atoms with van der Waals surface area (Å²) in [6.07, 6.45) is 2.00. The Morgan fingerprint density at radius 3 is 2.67 bits per heavy atom. The van der Waals surface area contributed by atoms with Crippen molar-refractivity contribution in [1.29, 1.82) is 0 Å². The first kappa shape index (κ1) is 18.4. The van der Waals surface area contributed by atoms with Gasteiger partial charge in [-0.3, -0.25) is 4.79 Å². The molecule has 7 heteroatoms. The van der Waals surface area contributed by atoms with Crippen molar-refractivity contribution in [3.05, 3.63) is 73.6 Å². The maximum atomic E-state index is 13.4. The molecule has 0 bridgehead atoms. The summed E-state index contributed by atoms with van der Waals surface area (Å²) >= 11 is 3.37. The van der Waals surface area contributed by atoms with Gasteiger partial charge in [0.2, 0.25) is 0 Å². The Labute approximate surface area is 167 Å². The van der Waals surface area contributed by atoms with E-state index in [1.54, 1.807) is 41.7 Å². The van der Waals surface area contributed by atoms with E-state index in [9.17, 15) is 13.2 Å². The summed E-state index contributed by atoms with van der Waals surface area (Å²) in [7, 11) is -3.38. The van der Waals surface area contributed by atoms with Crippen molar-refractivity contribution in [2.24, 2.45) is 0 Å². The minimum absolute atomic E-state index is 0.115. The van der Waals surface area contributed by atoms with Gasteiger partial charge in [-0.05, 0) is 59.5 Å². The predicted octanol–water partition coefficient (Wildman–Crippen LogP) is 4.31. The average molecular weight is 418 g/mol. The van der Waals surface area contributed by atoms with E-state index in [0.29, 0.717) is 17.7 Å². The lowest BCUT2D eigenvalue weighted by Gasteiger charge is -2.35. The lowest BCUT2D eigenvalue weighted by molar-refractivity contribution is 0.0698. The fourth-order valence-electron chi connectivity index (χ4n) is 3.59. The molecule has 0 N–H and O–H groups in total. The third-order valence-electron chi connectivity index (χ3n) is 4.87. The number of amides is 1. The maximum Gasteiger partial charge on any atom is 0.254 e. The molecule has 140 valence electrons. The Morgan fingerprint density at radius 2 is 1.96 bits per heavy atom. The van der Waals surface area contributed by atoms with Crippen LogP contribution in [0.1, 0.15) is 37.3 Å². The highest BCUT2D eigenvalue weighted by Gasteiger charge is 2.34. The fraction of sp³-hybridized carbons (Fsp3) is 0.250. The van der Waals surface area contributed by atoms with Gasteiger partial charge >= 0.3 is 0 Å². The molecule has 0 aliphatic carbocycles. The summed E-state index contributed by atoms with van der Waals surface area (Å²) in [6.45, 7) is 2.37. The first-order chi connectivity index (χ1) is 12.9. The van der Waals surface area contributed by atoms with Gasteiger partial charge in [-0.15, -0.1) is 22.7 Å². The molecule has 1 aromatic carbocycles. The number of hydrogen-bond donors (Lipinski definition) is 0. The molecule has 4 nitrogen and oxygen atoms in total. The molecule has 27 heavy (non-hydrogen) atoms. The second-order valence-corrected chi connectivity index (χ2v) is 10.7. The van der Waals surface area contributed by atoms with Gasteiger partial charge in [0.15, 0.2) is 9.84 Å². The Bertz CT molecular complexity index is 1100. The lowest BCUT2D eigenvalue weighted by atomic mass is 9.97. The molecule has 1 aliphatic rings. The third-order valence-corrected chi connectivity index (χ3v) is 8.03. The zero-order valence-electron chi connectivity index (χ0n) is 15.0. The summed E-state index contributed by atoms with van der Waals surface area (Å²) < 4.78 is 24.1. The van der Waals surface area contributed by atoms with Crippen LogP contribution in [0.2, 0.25) is 0 Å². The van der Waals surface area contributed by atoms with Gasteiger partial charge in [0, 0.05) is 28.1 Å². The van der Waals surface area contributed by atoms with E-state index in [2.05, 4.69) is 17.5 Å². The molecule has 0 spiro atoms. The molecule has 1 atom stereocenters. The molecule has 1 amide bonds. The number of aryl methyl sites for hydroxylation is 1. The number of hydrogen-bond acceptors (Lipinski definition) is 5. The lowest BCUT2D eigenvalue weighted by Crippen LogP contribution is -2.39. The van der Waals surface area contributed by atoms with Crippen LogP contribution in [0, 0.1) is 6.92 Å². The second-order valence-electron chi connectivity index (χ2n) is 6.72. The predicted molar refractivity (Wildman–Crippen MR) is 110 cm³/mol. The largest absolute Gasteiger partial charge is 0.326 e. The third kappa shape index (κ3) is 3.35. The van der Waals surface area contributed by atoms with Crippen LogP contribution < -0.4 is 0 Å². The molecule has 1 aliphatic heterocycles. The highest BCUT2D eigenvalue weighted by molar-refractivity contribution is 7.90. The van der Waals surface area contributed by atoms with Crippen molar-refractivity contribution in [3.63, 3.8) is 0 Å². The Kier molecular flexibility index (Phi) is 4.70. The smallest absolute Gasteiger partial charge is 0.254 e. The molecule has 3 aromatic rings. The molecule has 2 aromatic heterocycles. The van der Waals surface area contributed by atoms with Crippen LogP contribution in [-0.2, 0) is 16.3 Å². The van der Waals surface area contributed by atoms with Crippen molar-refractivity contribution >= 4 is 38.4 Å². The molecule has 0 unspecified atom stereocenters. The Hall–Kier alpha value is -1.96. The number of fused-ring (bicyclic) bond motifs is 1. The maximum absolute atomic E-state index is 13.4. The molecule has 0 fully saturated rings. The van der Waals surface area contributed by atoms with Crippen LogP contribution in [0.4, 0.5) is 0 Å². The molecule has 0 saturated heterocycles. The quantitative estimate of drug-likeness (QED) is 0.638. The van der Waals surface area contributed by atoms with E-state index in [0.717, 1.165) is 11.3 Å². The van der Waals surface area contributed by atoms with Crippen LogP contribution in [0.25, 0.3) is 0 Å². The van der Waals surface area contributed by atoms with Crippen molar-refractivity contribution in [1.82, 2.24) is 4.90 Å². The first-order valence-electron chi connectivity index (χ1n) is 8.57. The topological polar surface area (TPSA) is 54.5 Å². The normalized spacial score (nSPS) is 17.0. The van der Waals surface area contributed by atoms with Crippen molar-refractivity contribution in [3.8, 4) is 0 Å². The molecule has 0 saturated carbocycles. The first-order valence-corrected chi connectivity index (χ1v) is 12.2. The average Bonchev–Trinajstić information content (AvgIpc) is 3.31. The molecular weight excluding hydrogens is 398 g/mol. The van der Waals surface area contributed by atoms with Gasteiger partial charge in [-0.2, -0.15) is 0 Å². The SMILES string of the molecule is Cc1ccc(C(=O)N2CCc3sccc3[C@H]2c2cccs2)cc1S(C)(=O)=O. The summed E-state index contributed by atoms with van der Waals surface area (Å²) in [4.78, 5) is 17.9. The number of sulfone groups is 1. The summed E-state index contributed by atoms with van der Waals surface area (Å²) in [5, 5.41) is 4.10.